The molecule has 32 heavy (non-hydrogen) atoms. The van der Waals surface area contributed by atoms with Gasteiger partial charge in [0.2, 0.25) is 10.0 Å². The maximum atomic E-state index is 13.1. The quantitative estimate of drug-likeness (QED) is 0.570. The Kier molecular flexibility index (Phi) is 6.31. The fourth-order valence-electron chi connectivity index (χ4n) is 5.10. The number of rotatable bonds is 6. The van der Waals surface area contributed by atoms with E-state index in [4.69, 9.17) is 4.98 Å². The second kappa shape index (κ2) is 9.33. The van der Waals surface area contributed by atoms with Gasteiger partial charge >= 0.3 is 0 Å². The summed E-state index contributed by atoms with van der Waals surface area (Å²) >= 11 is 0. The van der Waals surface area contributed by atoms with Gasteiger partial charge in [0.25, 0.3) is 0 Å². The summed E-state index contributed by atoms with van der Waals surface area (Å²) in [6.45, 7) is 4.18. The first-order valence-electron chi connectivity index (χ1n) is 11.8. The maximum Gasteiger partial charge on any atom is 0.217 e. The van der Waals surface area contributed by atoms with Crippen molar-refractivity contribution in [2.24, 2.45) is 0 Å². The fraction of sp³-hybridized carbons (Fsp3) is 0.480. The van der Waals surface area contributed by atoms with Crippen molar-refractivity contribution in [3.05, 3.63) is 66.0 Å². The summed E-state index contributed by atoms with van der Waals surface area (Å²) in [6.07, 6.45) is 4.91. The van der Waals surface area contributed by atoms with Gasteiger partial charge in [0.1, 0.15) is 5.82 Å². The molecule has 1 saturated heterocycles. The summed E-state index contributed by atoms with van der Waals surface area (Å²) in [6, 6.07) is 18.8. The highest BCUT2D eigenvalue weighted by atomic mass is 32.2. The molecular weight excluding hydrogens is 420 g/mol. The summed E-state index contributed by atoms with van der Waals surface area (Å²) in [7, 11) is -3.16. The summed E-state index contributed by atoms with van der Waals surface area (Å²) < 4.78 is 30.2. The molecule has 0 spiro atoms. The van der Waals surface area contributed by atoms with Crippen molar-refractivity contribution in [3.8, 4) is 0 Å². The number of imidazole rings is 1. The molecule has 0 N–H and O–H groups in total. The molecule has 2 heterocycles. The summed E-state index contributed by atoms with van der Waals surface area (Å²) in [5.74, 6) is 1.04. The van der Waals surface area contributed by atoms with E-state index in [0.29, 0.717) is 13.1 Å². The van der Waals surface area contributed by atoms with Crippen LogP contribution in [0.2, 0.25) is 0 Å². The summed E-state index contributed by atoms with van der Waals surface area (Å²) in [5.41, 5.74) is 3.40. The Labute approximate surface area is 190 Å². The van der Waals surface area contributed by atoms with Crippen molar-refractivity contribution < 1.29 is 8.42 Å². The molecule has 2 fully saturated rings. The third-order valence-electron chi connectivity index (χ3n) is 6.95. The summed E-state index contributed by atoms with van der Waals surface area (Å²) in [5, 5.41) is -0.169. The molecule has 1 saturated carbocycles. The van der Waals surface area contributed by atoms with E-state index in [0.717, 1.165) is 68.7 Å². The molecule has 5 rings (SSSR count). The first-order chi connectivity index (χ1) is 15.6. The third kappa shape index (κ3) is 4.47. The van der Waals surface area contributed by atoms with Gasteiger partial charge in [-0.15, -0.1) is 0 Å². The molecule has 7 heteroatoms. The van der Waals surface area contributed by atoms with Gasteiger partial charge in [-0.05, 0) is 30.5 Å². The number of fused-ring (bicyclic) bond motifs is 1. The van der Waals surface area contributed by atoms with Crippen LogP contribution in [0.4, 0.5) is 0 Å². The zero-order valence-corrected chi connectivity index (χ0v) is 19.4. The number of hydrogen-bond acceptors (Lipinski definition) is 4. The Morgan fingerprint density at radius 2 is 1.50 bits per heavy atom. The van der Waals surface area contributed by atoms with Gasteiger partial charge in [0, 0.05) is 32.7 Å². The van der Waals surface area contributed by atoms with Gasteiger partial charge < -0.3 is 4.57 Å². The first kappa shape index (κ1) is 21.6. The van der Waals surface area contributed by atoms with E-state index in [1.54, 1.807) is 4.31 Å². The molecular formula is C25H32N4O2S. The Balaban J connectivity index is 1.30. The van der Waals surface area contributed by atoms with Crippen molar-refractivity contribution in [2.45, 2.75) is 50.4 Å². The van der Waals surface area contributed by atoms with E-state index >= 15 is 0 Å². The molecule has 1 aliphatic heterocycles. The SMILES string of the molecule is O=S(=O)(C1CCCCC1)N1CCN(Cc2nc3ccccc3n2Cc2ccccc2)CC1. The van der Waals surface area contributed by atoms with E-state index in [1.165, 1.54) is 12.0 Å². The maximum absolute atomic E-state index is 13.1. The monoisotopic (exact) mass is 452 g/mol. The predicted octanol–water partition coefficient (Wildman–Crippen LogP) is 3.86. The molecule has 6 nitrogen and oxygen atoms in total. The topological polar surface area (TPSA) is 58.4 Å². The van der Waals surface area contributed by atoms with E-state index < -0.39 is 10.0 Å². The Bertz CT molecular complexity index is 1150. The molecule has 0 radical (unpaired) electrons. The normalized spacial score (nSPS) is 19.5. The second-order valence-electron chi connectivity index (χ2n) is 9.07. The van der Waals surface area contributed by atoms with E-state index in [1.807, 2.05) is 12.1 Å². The molecule has 0 bridgehead atoms. The van der Waals surface area contributed by atoms with E-state index in [2.05, 4.69) is 51.9 Å². The van der Waals surface area contributed by atoms with Crippen LogP contribution in [0.25, 0.3) is 11.0 Å². The number of aromatic nitrogens is 2. The van der Waals surface area contributed by atoms with Gasteiger partial charge in [-0.2, -0.15) is 4.31 Å². The minimum absolute atomic E-state index is 0.169. The van der Waals surface area contributed by atoms with Crippen molar-refractivity contribution >= 4 is 21.1 Å². The Morgan fingerprint density at radius 3 is 2.25 bits per heavy atom. The lowest BCUT2D eigenvalue weighted by atomic mass is 10.0. The van der Waals surface area contributed by atoms with Gasteiger partial charge in [-0.3, -0.25) is 4.90 Å². The molecule has 3 aromatic rings. The number of hydrogen-bond donors (Lipinski definition) is 0. The zero-order valence-electron chi connectivity index (χ0n) is 18.6. The Morgan fingerprint density at radius 1 is 0.812 bits per heavy atom. The van der Waals surface area contributed by atoms with E-state index in [9.17, 15) is 8.42 Å². The number of nitrogens with zero attached hydrogens (tertiary/aromatic N) is 4. The van der Waals surface area contributed by atoms with Crippen molar-refractivity contribution in [1.29, 1.82) is 0 Å². The average molecular weight is 453 g/mol. The van der Waals surface area contributed by atoms with Crippen molar-refractivity contribution in [2.75, 3.05) is 26.2 Å². The highest BCUT2D eigenvalue weighted by molar-refractivity contribution is 7.89. The van der Waals surface area contributed by atoms with Crippen LogP contribution in [0.5, 0.6) is 0 Å². The number of benzene rings is 2. The highest BCUT2D eigenvalue weighted by Gasteiger charge is 2.35. The average Bonchev–Trinajstić information content (AvgIpc) is 3.17. The van der Waals surface area contributed by atoms with Crippen LogP contribution < -0.4 is 0 Å². The number of piperazine rings is 1. The van der Waals surface area contributed by atoms with Crippen LogP contribution in [0.1, 0.15) is 43.5 Å². The smallest absolute Gasteiger partial charge is 0.217 e. The zero-order chi connectivity index (χ0) is 22.0. The largest absolute Gasteiger partial charge is 0.322 e. The van der Waals surface area contributed by atoms with Crippen molar-refractivity contribution in [3.63, 3.8) is 0 Å². The molecule has 0 unspecified atom stereocenters. The molecule has 2 aromatic carbocycles. The Hall–Kier alpha value is -2.22. The van der Waals surface area contributed by atoms with Crippen LogP contribution >= 0.6 is 0 Å². The van der Waals surface area contributed by atoms with Crippen LogP contribution in [0.3, 0.4) is 0 Å². The highest BCUT2D eigenvalue weighted by Crippen LogP contribution is 2.27. The van der Waals surface area contributed by atoms with Crippen LogP contribution in [-0.4, -0.2) is 58.6 Å². The lowest BCUT2D eigenvalue weighted by Crippen LogP contribution is -2.51. The second-order valence-corrected chi connectivity index (χ2v) is 11.3. The molecule has 1 aliphatic carbocycles. The molecule has 2 aliphatic rings. The molecule has 1 aromatic heterocycles. The lowest BCUT2D eigenvalue weighted by Gasteiger charge is -2.36. The molecule has 0 amide bonds. The molecule has 0 atom stereocenters. The molecule has 170 valence electrons. The standard InChI is InChI=1S/C25H32N4O2S/c30-32(31,22-11-5-2-6-12-22)28-17-15-27(16-18-28)20-25-26-23-13-7-8-14-24(23)29(25)19-21-9-3-1-4-10-21/h1,3-4,7-10,13-14,22H,2,5-6,11-12,15-20H2. The third-order valence-corrected chi connectivity index (χ3v) is 9.35. The lowest BCUT2D eigenvalue weighted by molar-refractivity contribution is 0.175. The van der Waals surface area contributed by atoms with Gasteiger partial charge in [0.15, 0.2) is 0 Å². The van der Waals surface area contributed by atoms with Crippen LogP contribution in [0.15, 0.2) is 54.6 Å². The fourth-order valence-corrected chi connectivity index (χ4v) is 7.13. The van der Waals surface area contributed by atoms with E-state index in [-0.39, 0.29) is 5.25 Å². The minimum atomic E-state index is -3.16. The number of sulfonamides is 1. The predicted molar refractivity (Wildman–Crippen MR) is 128 cm³/mol. The summed E-state index contributed by atoms with van der Waals surface area (Å²) in [4.78, 5) is 7.28. The first-order valence-corrected chi connectivity index (χ1v) is 13.3. The number of para-hydroxylation sites is 2. The van der Waals surface area contributed by atoms with Gasteiger partial charge in [0.05, 0.1) is 22.8 Å². The van der Waals surface area contributed by atoms with Gasteiger partial charge in [-0.1, -0.05) is 61.7 Å². The van der Waals surface area contributed by atoms with Gasteiger partial charge in [-0.25, -0.2) is 13.4 Å². The van der Waals surface area contributed by atoms with Crippen molar-refractivity contribution in [1.82, 2.24) is 18.8 Å². The van der Waals surface area contributed by atoms with Crippen LogP contribution in [-0.2, 0) is 23.1 Å². The van der Waals surface area contributed by atoms with Crippen LogP contribution in [0, 0.1) is 0 Å². The minimum Gasteiger partial charge on any atom is -0.322 e.